The van der Waals surface area contributed by atoms with E-state index in [1.54, 1.807) is 0 Å². The van der Waals surface area contributed by atoms with Gasteiger partial charge in [0, 0.05) is 0 Å². The van der Waals surface area contributed by atoms with Crippen molar-refractivity contribution in [2.45, 2.75) is 49.2 Å². The monoisotopic (exact) mass is 714 g/mol. The van der Waals surface area contributed by atoms with Crippen LogP contribution in [-0.2, 0) is 34.9 Å². The van der Waals surface area contributed by atoms with Gasteiger partial charge in [-0.1, -0.05) is 0 Å². The van der Waals surface area contributed by atoms with Crippen molar-refractivity contribution in [3.63, 3.8) is 0 Å². The van der Waals surface area contributed by atoms with E-state index in [-0.39, 0.29) is 34.1 Å². The van der Waals surface area contributed by atoms with Crippen LogP contribution in [0.2, 0.25) is 0 Å². The van der Waals surface area contributed by atoms with Crippen LogP contribution >= 0.6 is 26.5 Å². The van der Waals surface area contributed by atoms with Crippen molar-refractivity contribution < 1.29 is 46.7 Å². The second-order valence-corrected chi connectivity index (χ2v) is 15.0. The van der Waals surface area contributed by atoms with E-state index >= 15 is 8.78 Å². The zero-order chi connectivity index (χ0) is 32.2. The van der Waals surface area contributed by atoms with E-state index < -0.39 is 82.3 Å². The number of aromatic amines is 1. The number of nitrogens with zero attached hydrogens (tertiary/aromatic N) is 7. The predicted molar refractivity (Wildman–Crippen MR) is 160 cm³/mol. The molecule has 45 heavy (non-hydrogen) atoms. The molecule has 0 aliphatic carbocycles. The number of H-pyrrole nitrogens is 1. The van der Waals surface area contributed by atoms with Gasteiger partial charge in [-0.3, -0.25) is 0 Å². The van der Waals surface area contributed by atoms with Gasteiger partial charge in [-0.25, -0.2) is 0 Å². The molecule has 2 fully saturated rings. The van der Waals surface area contributed by atoms with Crippen molar-refractivity contribution in [1.29, 1.82) is 0 Å². The number of hydrogen-bond acceptors (Lipinski definition) is 17. The number of thiol groups is 1. The third kappa shape index (κ3) is 6.15. The summed E-state index contributed by atoms with van der Waals surface area (Å²) in [5, 5.41) is 9.68. The molecule has 0 bridgehead atoms. The third-order valence-electron chi connectivity index (χ3n) is 7.06. The minimum absolute atomic E-state index is 0.0491. The van der Waals surface area contributed by atoms with Gasteiger partial charge in [-0.15, -0.1) is 0 Å². The Morgan fingerprint density at radius 3 is 2.47 bits per heavy atom. The van der Waals surface area contributed by atoms with Gasteiger partial charge < -0.3 is 0 Å². The summed E-state index contributed by atoms with van der Waals surface area (Å²) in [5.41, 5.74) is 10.9. The molecule has 0 spiro atoms. The Kier molecular flexibility index (Phi) is 9.06. The SMILES string of the molecule is Nc1nc2c(ncn2[C@@H]2O[C@H](CO)C(F)C2O[PH](O)(S)OC[C@H]2O[C@@H](n3cnc4c(N)ncnc43)[C@@H](F)C2O[PH](O)=S)c(=O)[nH]1. The van der Waals surface area contributed by atoms with Crippen LogP contribution in [0.1, 0.15) is 12.5 Å². The number of nitrogen functional groups attached to an aromatic ring is 2. The molecule has 8 N–H and O–H groups in total. The van der Waals surface area contributed by atoms with Crippen LogP contribution in [0.5, 0.6) is 0 Å². The summed E-state index contributed by atoms with van der Waals surface area (Å²) in [6.45, 7) is -1.39. The summed E-state index contributed by atoms with van der Waals surface area (Å²) >= 11 is 8.85. The molecule has 6 rings (SSSR count). The number of aliphatic hydroxyl groups is 1. The van der Waals surface area contributed by atoms with E-state index in [1.807, 2.05) is 0 Å². The average molecular weight is 715 g/mol. The van der Waals surface area contributed by atoms with Crippen molar-refractivity contribution in [3.05, 3.63) is 29.3 Å². The number of aliphatic hydroxyl groups excluding tert-OH is 1. The molecule has 25 heteroatoms. The Balaban J connectivity index is 1.22. The maximum atomic E-state index is 15.7. The zero-order valence-electron chi connectivity index (χ0n) is 22.5. The Morgan fingerprint density at radius 2 is 1.76 bits per heavy atom. The molecule has 2 aliphatic heterocycles. The first-order valence-corrected chi connectivity index (χ1v) is 18.4. The van der Waals surface area contributed by atoms with Crippen molar-refractivity contribution in [2.24, 2.45) is 0 Å². The average Bonchev–Trinajstić information content (AvgIpc) is 3.73. The molecule has 0 aromatic carbocycles. The number of anilines is 2. The number of aromatic nitrogens is 8. The standard InChI is InChI=1S/C20H26F2N10O9P2S2/c21-8-6(1-33)38-19(32-5-28-11-16(32)29-20(24)30-17(11)34)13(8)41-43(36,45)37-2-7-12(40-42(35)44)9(22)18(39-7)31-4-27-10-14(23)25-3-26-15(10)31/h3-9,12-13,18-19,33,36,42-43,45H,1-2H2,(H,35,44)(H2,23,25,26)(H3,24,29,30,34)/t6-,7-,8?,9+,12?,13?,18-,19-/m1/s1. The number of fused-ring (bicyclic) bond motifs is 2. The number of rotatable bonds is 10. The van der Waals surface area contributed by atoms with Gasteiger partial charge in [-0.2, -0.15) is 0 Å². The molecule has 0 radical (unpaired) electrons. The van der Waals surface area contributed by atoms with Gasteiger partial charge in [-0.05, 0) is 0 Å². The van der Waals surface area contributed by atoms with Crippen LogP contribution in [0.4, 0.5) is 20.5 Å². The molecule has 246 valence electrons. The topological polar surface area (TPSA) is 266 Å². The van der Waals surface area contributed by atoms with E-state index in [0.29, 0.717) is 0 Å². The number of hydrogen-bond donors (Lipinski definition) is 7. The molecule has 4 aromatic rings. The van der Waals surface area contributed by atoms with E-state index in [0.717, 1.165) is 17.2 Å². The second kappa shape index (κ2) is 12.6. The van der Waals surface area contributed by atoms with Gasteiger partial charge in [0.15, 0.2) is 0 Å². The Labute approximate surface area is 261 Å². The number of halogens is 2. The number of ether oxygens (including phenoxy) is 2. The minimum atomic E-state index is -4.64. The van der Waals surface area contributed by atoms with Gasteiger partial charge in [0.2, 0.25) is 0 Å². The summed E-state index contributed by atoms with van der Waals surface area (Å²) < 4.78 is 61.4. The number of alkyl halides is 2. The Bertz CT molecular complexity index is 1800. The van der Waals surface area contributed by atoms with Gasteiger partial charge in [0.25, 0.3) is 0 Å². The molecule has 0 amide bonds. The second-order valence-electron chi connectivity index (χ2n) is 9.85. The van der Waals surface area contributed by atoms with Crippen LogP contribution < -0.4 is 17.0 Å². The van der Waals surface area contributed by atoms with Crippen molar-refractivity contribution in [1.82, 2.24) is 39.0 Å². The third-order valence-corrected chi connectivity index (χ3v) is 9.65. The molecule has 4 aromatic heterocycles. The fourth-order valence-corrected chi connectivity index (χ4v) is 7.58. The number of imidazole rings is 2. The summed E-state index contributed by atoms with van der Waals surface area (Å²) in [6.07, 6.45) is -9.16. The Hall–Kier alpha value is -2.53. The van der Waals surface area contributed by atoms with Crippen molar-refractivity contribution in [2.75, 3.05) is 24.7 Å². The van der Waals surface area contributed by atoms with E-state index in [4.69, 9.17) is 46.3 Å². The molecule has 4 unspecified atom stereocenters. The maximum absolute atomic E-state index is 15.7. The first-order valence-electron chi connectivity index (χ1n) is 12.9. The fraction of sp³-hybridized carbons (Fsp3) is 0.500. The van der Waals surface area contributed by atoms with Gasteiger partial charge >= 0.3 is 261 Å². The molecule has 19 nitrogen and oxygen atoms in total. The molecule has 0 saturated carbocycles. The summed E-state index contributed by atoms with van der Waals surface area (Å²) in [5.74, 6) is -0.208. The summed E-state index contributed by atoms with van der Waals surface area (Å²) in [6, 6.07) is 0. The van der Waals surface area contributed by atoms with Crippen LogP contribution in [0.15, 0.2) is 23.8 Å². The molecule has 2 aliphatic rings. The summed E-state index contributed by atoms with van der Waals surface area (Å²) in [4.78, 5) is 55.3. The predicted octanol–water partition coefficient (Wildman–Crippen LogP) is -0.795. The van der Waals surface area contributed by atoms with Crippen LogP contribution in [0.3, 0.4) is 0 Å². The van der Waals surface area contributed by atoms with Gasteiger partial charge in [0.1, 0.15) is 0 Å². The van der Waals surface area contributed by atoms with Crippen LogP contribution in [0, 0.1) is 0 Å². The van der Waals surface area contributed by atoms with Crippen molar-refractivity contribution in [3.8, 4) is 0 Å². The molecule has 9 atom stereocenters. The van der Waals surface area contributed by atoms with E-state index in [2.05, 4.69) is 42.2 Å². The van der Waals surface area contributed by atoms with E-state index in [1.165, 1.54) is 10.9 Å². The van der Waals surface area contributed by atoms with Gasteiger partial charge in [0.05, 0.1) is 0 Å². The number of nitrogens with two attached hydrogens (primary N) is 2. The fourth-order valence-electron chi connectivity index (χ4n) is 5.09. The van der Waals surface area contributed by atoms with Crippen LogP contribution in [-0.4, -0.2) is 104 Å². The molecular formula is C20H26F2N10O9P2S2. The molecule has 6 heterocycles. The zero-order valence-corrected chi connectivity index (χ0v) is 26.2. The first kappa shape index (κ1) is 32.4. The Morgan fingerprint density at radius 1 is 1.07 bits per heavy atom. The number of nitrogens with one attached hydrogen (secondary N) is 1. The van der Waals surface area contributed by atoms with Crippen molar-refractivity contribution >= 4 is 72.4 Å². The normalized spacial score (nSPS) is 30.0. The molecular weight excluding hydrogens is 688 g/mol. The first-order chi connectivity index (χ1) is 21.4. The summed E-state index contributed by atoms with van der Waals surface area (Å²) in [7, 11) is -7.51. The van der Waals surface area contributed by atoms with Crippen LogP contribution in [0.25, 0.3) is 22.3 Å². The quantitative estimate of drug-likeness (QED) is 0.0783. The van der Waals surface area contributed by atoms with E-state index in [9.17, 15) is 19.7 Å². The molecule has 2 saturated heterocycles.